The lowest BCUT2D eigenvalue weighted by Crippen LogP contribution is -2.44. The highest BCUT2D eigenvalue weighted by atomic mass is 79.9. The molecule has 1 aliphatic rings. The number of ether oxygens (including phenoxy) is 1. The van der Waals surface area contributed by atoms with Gasteiger partial charge in [0, 0.05) is 37.2 Å². The summed E-state index contributed by atoms with van der Waals surface area (Å²) in [5.41, 5.74) is 0. The van der Waals surface area contributed by atoms with Crippen LogP contribution in [0.25, 0.3) is 0 Å². The molecule has 1 aromatic carbocycles. The van der Waals surface area contributed by atoms with Crippen molar-refractivity contribution in [2.24, 2.45) is 0 Å². The molecule has 8 heteroatoms. The van der Waals surface area contributed by atoms with Crippen molar-refractivity contribution in [2.75, 3.05) is 46.4 Å². The molecule has 0 spiro atoms. The second kappa shape index (κ2) is 11.0. The fourth-order valence-corrected chi connectivity index (χ4v) is 2.48. The van der Waals surface area contributed by atoms with E-state index in [1.807, 2.05) is 24.3 Å². The number of hydrogen-bond donors (Lipinski definition) is 2. The molecule has 1 aromatic rings. The Labute approximate surface area is 149 Å². The molecule has 1 saturated heterocycles. The molecule has 0 saturated carbocycles. The van der Waals surface area contributed by atoms with Crippen LogP contribution in [0, 0.1) is 0 Å². The number of likely N-dealkylation sites (N-methyl/N-ethyl adjacent to an activating group) is 1. The topological polar surface area (TPSA) is 90.3 Å². The summed E-state index contributed by atoms with van der Waals surface area (Å²) >= 11 is 3.45. The number of carboxylic acid groups (broad SMARTS) is 2. The zero-order chi connectivity index (χ0) is 17.9. The number of carboxylic acids is 2. The van der Waals surface area contributed by atoms with Gasteiger partial charge in [-0.1, -0.05) is 22.0 Å². The summed E-state index contributed by atoms with van der Waals surface area (Å²) in [6.07, 6.45) is 1.09. The number of carbonyl (C=O) groups is 2. The van der Waals surface area contributed by atoms with Crippen LogP contribution in [0.1, 0.15) is 6.42 Å². The zero-order valence-electron chi connectivity index (χ0n) is 13.7. The molecular weight excluding hydrogens is 380 g/mol. The number of aliphatic carboxylic acids is 2. The Morgan fingerprint density at radius 2 is 1.79 bits per heavy atom. The smallest absolute Gasteiger partial charge is 0.414 e. The zero-order valence-corrected chi connectivity index (χ0v) is 15.2. The molecule has 2 rings (SSSR count). The van der Waals surface area contributed by atoms with Crippen LogP contribution in [0.3, 0.4) is 0 Å². The number of halogens is 1. The molecule has 1 aliphatic heterocycles. The van der Waals surface area contributed by atoms with Crippen molar-refractivity contribution in [1.82, 2.24) is 9.80 Å². The Morgan fingerprint density at radius 3 is 2.33 bits per heavy atom. The van der Waals surface area contributed by atoms with Crippen LogP contribution in [0.4, 0.5) is 0 Å². The van der Waals surface area contributed by atoms with E-state index in [1.54, 1.807) is 0 Å². The highest BCUT2D eigenvalue weighted by Gasteiger charge is 2.12. The summed E-state index contributed by atoms with van der Waals surface area (Å²) in [4.78, 5) is 23.1. The average Bonchev–Trinajstić information content (AvgIpc) is 2.54. The highest BCUT2D eigenvalue weighted by molar-refractivity contribution is 9.10. The first-order valence-electron chi connectivity index (χ1n) is 7.64. The van der Waals surface area contributed by atoms with E-state index in [-0.39, 0.29) is 0 Å². The molecule has 7 nitrogen and oxygen atoms in total. The number of benzene rings is 1. The van der Waals surface area contributed by atoms with Gasteiger partial charge in [-0.15, -0.1) is 0 Å². The lowest BCUT2D eigenvalue weighted by atomic mass is 10.3. The molecular formula is C16H23BrN2O5. The third-order valence-corrected chi connectivity index (χ3v) is 3.96. The first-order valence-corrected chi connectivity index (χ1v) is 8.43. The van der Waals surface area contributed by atoms with Gasteiger partial charge in [-0.25, -0.2) is 9.59 Å². The minimum Gasteiger partial charge on any atom is -0.494 e. The fraction of sp³-hybridized carbons (Fsp3) is 0.500. The van der Waals surface area contributed by atoms with Crippen LogP contribution < -0.4 is 4.74 Å². The van der Waals surface area contributed by atoms with Crippen LogP contribution in [0.2, 0.25) is 0 Å². The molecule has 2 N–H and O–H groups in total. The molecule has 24 heavy (non-hydrogen) atoms. The van der Waals surface area contributed by atoms with Gasteiger partial charge in [0.2, 0.25) is 0 Å². The Kier molecular flexibility index (Phi) is 9.36. The van der Waals surface area contributed by atoms with E-state index in [1.165, 1.54) is 26.2 Å². The third kappa shape index (κ3) is 8.85. The van der Waals surface area contributed by atoms with E-state index in [0.717, 1.165) is 29.8 Å². The SMILES string of the molecule is CN1CCN(CCCOc2cccc(Br)c2)CC1.O=C(O)C(=O)O. The maximum atomic E-state index is 9.10. The Bertz CT molecular complexity index is 521. The quantitative estimate of drug-likeness (QED) is 0.571. The summed E-state index contributed by atoms with van der Waals surface area (Å²) < 4.78 is 6.80. The van der Waals surface area contributed by atoms with Crippen molar-refractivity contribution in [3.05, 3.63) is 28.7 Å². The predicted octanol–water partition coefficient (Wildman–Crippen LogP) is 1.62. The molecule has 0 aromatic heterocycles. The van der Waals surface area contributed by atoms with Gasteiger partial charge in [-0.05, 0) is 31.7 Å². The summed E-state index contributed by atoms with van der Waals surface area (Å²) in [5.74, 6) is -2.70. The largest absolute Gasteiger partial charge is 0.494 e. The molecule has 0 bridgehead atoms. The molecule has 134 valence electrons. The molecule has 0 radical (unpaired) electrons. The van der Waals surface area contributed by atoms with Crippen molar-refractivity contribution in [1.29, 1.82) is 0 Å². The van der Waals surface area contributed by atoms with Crippen LogP contribution >= 0.6 is 15.9 Å². The van der Waals surface area contributed by atoms with Crippen molar-refractivity contribution in [3.8, 4) is 5.75 Å². The first-order chi connectivity index (χ1) is 11.4. The average molecular weight is 403 g/mol. The van der Waals surface area contributed by atoms with Gasteiger partial charge in [-0.2, -0.15) is 0 Å². The van der Waals surface area contributed by atoms with Crippen molar-refractivity contribution in [2.45, 2.75) is 6.42 Å². The second-order valence-electron chi connectivity index (χ2n) is 5.41. The number of nitrogens with zero attached hydrogens (tertiary/aromatic N) is 2. The van der Waals surface area contributed by atoms with Crippen LogP contribution in [0.15, 0.2) is 28.7 Å². The molecule has 0 unspecified atom stereocenters. The van der Waals surface area contributed by atoms with E-state index in [4.69, 9.17) is 24.5 Å². The molecule has 1 fully saturated rings. The summed E-state index contributed by atoms with van der Waals surface area (Å²) in [6.45, 7) is 6.68. The molecule has 1 heterocycles. The number of rotatable bonds is 5. The van der Waals surface area contributed by atoms with Crippen molar-refractivity contribution >= 4 is 27.9 Å². The predicted molar refractivity (Wildman–Crippen MR) is 93.5 cm³/mol. The van der Waals surface area contributed by atoms with Gasteiger partial charge in [0.15, 0.2) is 0 Å². The summed E-state index contributed by atoms with van der Waals surface area (Å²) in [5, 5.41) is 14.8. The van der Waals surface area contributed by atoms with Gasteiger partial charge < -0.3 is 24.7 Å². The second-order valence-corrected chi connectivity index (χ2v) is 6.33. The maximum absolute atomic E-state index is 9.10. The minimum atomic E-state index is -1.82. The van der Waals surface area contributed by atoms with E-state index in [0.29, 0.717) is 0 Å². The standard InChI is InChI=1S/C14H21BrN2O.C2H2O4/c1-16-7-9-17(10-8-16)6-3-11-18-14-5-2-4-13(15)12-14;3-1(4)2(5)6/h2,4-5,12H,3,6-11H2,1H3;(H,3,4)(H,5,6). The van der Waals surface area contributed by atoms with Crippen LogP contribution in [-0.4, -0.2) is 78.3 Å². The number of hydrogen-bond acceptors (Lipinski definition) is 5. The first kappa shape index (κ1) is 20.4. The summed E-state index contributed by atoms with van der Waals surface area (Å²) in [7, 11) is 2.19. The van der Waals surface area contributed by atoms with Gasteiger partial charge in [0.1, 0.15) is 5.75 Å². The van der Waals surface area contributed by atoms with Gasteiger partial charge in [-0.3, -0.25) is 0 Å². The Balaban J connectivity index is 0.000000413. The van der Waals surface area contributed by atoms with Gasteiger partial charge >= 0.3 is 11.9 Å². The fourth-order valence-electron chi connectivity index (χ4n) is 2.11. The van der Waals surface area contributed by atoms with Crippen molar-refractivity contribution in [3.63, 3.8) is 0 Å². The third-order valence-electron chi connectivity index (χ3n) is 3.46. The Hall–Kier alpha value is -1.64. The Morgan fingerprint density at radius 1 is 1.17 bits per heavy atom. The molecule has 0 aliphatic carbocycles. The highest BCUT2D eigenvalue weighted by Crippen LogP contribution is 2.17. The molecule has 0 amide bonds. The normalized spacial score (nSPS) is 15.2. The van der Waals surface area contributed by atoms with E-state index in [2.05, 4.69) is 32.8 Å². The van der Waals surface area contributed by atoms with Gasteiger partial charge in [0.05, 0.1) is 6.61 Å². The van der Waals surface area contributed by atoms with Crippen molar-refractivity contribution < 1.29 is 24.5 Å². The van der Waals surface area contributed by atoms with E-state index >= 15 is 0 Å². The lowest BCUT2D eigenvalue weighted by molar-refractivity contribution is -0.159. The summed E-state index contributed by atoms with van der Waals surface area (Å²) in [6, 6.07) is 8.02. The minimum absolute atomic E-state index is 0.794. The van der Waals surface area contributed by atoms with Crippen LogP contribution in [-0.2, 0) is 9.59 Å². The lowest BCUT2D eigenvalue weighted by Gasteiger charge is -2.32. The monoisotopic (exact) mass is 402 g/mol. The maximum Gasteiger partial charge on any atom is 0.414 e. The van der Waals surface area contributed by atoms with Gasteiger partial charge in [0.25, 0.3) is 0 Å². The molecule has 0 atom stereocenters. The van der Waals surface area contributed by atoms with Crippen LogP contribution in [0.5, 0.6) is 5.75 Å². The number of piperazine rings is 1. The van der Waals surface area contributed by atoms with E-state index in [9.17, 15) is 0 Å². The van der Waals surface area contributed by atoms with E-state index < -0.39 is 11.9 Å².